The van der Waals surface area contributed by atoms with E-state index in [4.69, 9.17) is 0 Å². The van der Waals surface area contributed by atoms with Crippen LogP contribution in [0, 0.1) is 6.92 Å². The lowest BCUT2D eigenvalue weighted by molar-refractivity contribution is 0.0945. The number of aryl methyl sites for hydroxylation is 1. The Morgan fingerprint density at radius 3 is 2.48 bits per heavy atom. The summed E-state index contributed by atoms with van der Waals surface area (Å²) in [5, 5.41) is 2.98. The Bertz CT molecular complexity index is 845. The fourth-order valence-electron chi connectivity index (χ4n) is 4.23. The van der Waals surface area contributed by atoms with Crippen molar-refractivity contribution in [2.75, 3.05) is 13.1 Å². The Balaban J connectivity index is 1.37. The molecule has 1 aromatic carbocycles. The molecule has 1 amide bonds. The zero-order chi connectivity index (χ0) is 18.8. The zero-order valence-electron chi connectivity index (χ0n) is 15.9. The summed E-state index contributed by atoms with van der Waals surface area (Å²) >= 11 is 0. The average molecular weight is 365 g/mol. The molecule has 2 aliphatic rings. The molecule has 142 valence electrons. The number of ketones is 1. The van der Waals surface area contributed by atoms with Crippen LogP contribution in [-0.4, -0.2) is 34.7 Å². The molecular weight excluding hydrogens is 338 g/mol. The second-order valence-corrected chi connectivity index (χ2v) is 7.74. The quantitative estimate of drug-likeness (QED) is 0.854. The summed E-state index contributed by atoms with van der Waals surface area (Å²) in [5.74, 6) is 0.00786. The van der Waals surface area contributed by atoms with Crippen LogP contribution in [0.4, 0.5) is 0 Å². The molecule has 0 bridgehead atoms. The van der Waals surface area contributed by atoms with Crippen LogP contribution in [-0.2, 0) is 19.5 Å². The number of likely N-dealkylation sites (tertiary alicyclic amines) is 1. The second-order valence-electron chi connectivity index (χ2n) is 7.74. The van der Waals surface area contributed by atoms with Gasteiger partial charge in [0.05, 0.1) is 0 Å². The van der Waals surface area contributed by atoms with E-state index in [1.165, 1.54) is 31.5 Å². The molecule has 1 aliphatic carbocycles. The highest BCUT2D eigenvalue weighted by Gasteiger charge is 2.26. The molecular formula is C22H27N3O2. The van der Waals surface area contributed by atoms with Gasteiger partial charge in [0, 0.05) is 30.8 Å². The number of benzene rings is 1. The van der Waals surface area contributed by atoms with Crippen LogP contribution in [0.1, 0.15) is 68.9 Å². The summed E-state index contributed by atoms with van der Waals surface area (Å²) in [5.41, 5.74) is 5.36. The molecule has 0 spiro atoms. The van der Waals surface area contributed by atoms with Gasteiger partial charge in [0.25, 0.3) is 5.91 Å². The standard InChI is InChI=1S/C22H27N3O2/c1-15-20-18(5-4-6-19(20)26)24-21(15)22(27)23-13-16-7-9-17(10-8-16)14-25-11-2-3-12-25/h7-10,24H,2-6,11-14H2,1H3,(H,23,27). The zero-order valence-corrected chi connectivity index (χ0v) is 15.9. The molecule has 1 fully saturated rings. The number of rotatable bonds is 5. The Kier molecular flexibility index (Phi) is 5.12. The number of nitrogens with zero attached hydrogens (tertiary/aromatic N) is 1. The lowest BCUT2D eigenvalue weighted by atomic mass is 9.94. The molecule has 4 rings (SSSR count). The van der Waals surface area contributed by atoms with Gasteiger partial charge in [-0.2, -0.15) is 0 Å². The van der Waals surface area contributed by atoms with E-state index >= 15 is 0 Å². The number of Topliss-reactive ketones (excluding diaryl/α,β-unsaturated/α-hetero) is 1. The highest BCUT2D eigenvalue weighted by molar-refractivity contribution is 6.04. The molecule has 1 aromatic heterocycles. The Hall–Kier alpha value is -2.40. The van der Waals surface area contributed by atoms with Crippen molar-refractivity contribution < 1.29 is 9.59 Å². The van der Waals surface area contributed by atoms with E-state index in [2.05, 4.69) is 39.5 Å². The number of fused-ring (bicyclic) bond motifs is 1. The topological polar surface area (TPSA) is 65.2 Å². The molecule has 0 saturated carbocycles. The largest absolute Gasteiger partial charge is 0.354 e. The van der Waals surface area contributed by atoms with Crippen molar-refractivity contribution in [3.8, 4) is 0 Å². The maximum atomic E-state index is 12.6. The molecule has 0 radical (unpaired) electrons. The van der Waals surface area contributed by atoms with Crippen molar-refractivity contribution in [1.29, 1.82) is 0 Å². The Morgan fingerprint density at radius 2 is 1.78 bits per heavy atom. The molecule has 2 N–H and O–H groups in total. The third kappa shape index (κ3) is 3.83. The summed E-state index contributed by atoms with van der Waals surface area (Å²) in [6, 6.07) is 8.47. The molecule has 1 saturated heterocycles. The number of aromatic amines is 1. The van der Waals surface area contributed by atoms with Crippen LogP contribution in [0.15, 0.2) is 24.3 Å². The van der Waals surface area contributed by atoms with Crippen LogP contribution in [0.5, 0.6) is 0 Å². The molecule has 27 heavy (non-hydrogen) atoms. The van der Waals surface area contributed by atoms with E-state index < -0.39 is 0 Å². The number of hydrogen-bond acceptors (Lipinski definition) is 3. The first-order valence-corrected chi connectivity index (χ1v) is 9.95. The second kappa shape index (κ2) is 7.69. The number of carbonyl (C=O) groups is 2. The maximum Gasteiger partial charge on any atom is 0.268 e. The first-order chi connectivity index (χ1) is 13.1. The summed E-state index contributed by atoms with van der Waals surface area (Å²) in [6.07, 6.45) is 4.88. The molecule has 0 atom stereocenters. The van der Waals surface area contributed by atoms with Crippen LogP contribution in [0.3, 0.4) is 0 Å². The van der Waals surface area contributed by atoms with Gasteiger partial charge in [0.1, 0.15) is 5.69 Å². The summed E-state index contributed by atoms with van der Waals surface area (Å²) in [4.78, 5) is 30.4. The van der Waals surface area contributed by atoms with Gasteiger partial charge in [-0.15, -0.1) is 0 Å². The smallest absolute Gasteiger partial charge is 0.268 e. The maximum absolute atomic E-state index is 12.6. The fourth-order valence-corrected chi connectivity index (χ4v) is 4.23. The SMILES string of the molecule is Cc1c(C(=O)NCc2ccc(CN3CCCC3)cc2)[nH]c2c1C(=O)CCC2. The average Bonchev–Trinajstić information content (AvgIpc) is 3.29. The molecule has 2 aromatic rings. The van der Waals surface area contributed by atoms with Gasteiger partial charge in [-0.1, -0.05) is 24.3 Å². The van der Waals surface area contributed by atoms with E-state index in [1.807, 2.05) is 6.92 Å². The first kappa shape index (κ1) is 18.0. The van der Waals surface area contributed by atoms with Gasteiger partial charge in [0.2, 0.25) is 0 Å². The van der Waals surface area contributed by atoms with Crippen molar-refractivity contribution in [2.24, 2.45) is 0 Å². The number of carbonyl (C=O) groups excluding carboxylic acids is 2. The van der Waals surface area contributed by atoms with E-state index in [0.29, 0.717) is 18.7 Å². The molecule has 2 heterocycles. The highest BCUT2D eigenvalue weighted by Crippen LogP contribution is 2.26. The Morgan fingerprint density at radius 1 is 1.07 bits per heavy atom. The van der Waals surface area contributed by atoms with E-state index in [9.17, 15) is 9.59 Å². The predicted molar refractivity (Wildman–Crippen MR) is 105 cm³/mol. The number of aromatic nitrogens is 1. The summed E-state index contributed by atoms with van der Waals surface area (Å²) < 4.78 is 0. The molecule has 1 aliphatic heterocycles. The van der Waals surface area contributed by atoms with Gasteiger partial charge in [-0.25, -0.2) is 0 Å². The monoisotopic (exact) mass is 365 g/mol. The third-order valence-corrected chi connectivity index (χ3v) is 5.75. The van der Waals surface area contributed by atoms with Gasteiger partial charge < -0.3 is 10.3 Å². The fraction of sp³-hybridized carbons (Fsp3) is 0.455. The van der Waals surface area contributed by atoms with Crippen LogP contribution in [0.25, 0.3) is 0 Å². The highest BCUT2D eigenvalue weighted by atomic mass is 16.2. The lowest BCUT2D eigenvalue weighted by Gasteiger charge is -2.14. The molecule has 5 nitrogen and oxygen atoms in total. The number of hydrogen-bond donors (Lipinski definition) is 2. The van der Waals surface area contributed by atoms with Crippen molar-refractivity contribution in [3.63, 3.8) is 0 Å². The van der Waals surface area contributed by atoms with Crippen molar-refractivity contribution in [2.45, 2.75) is 52.1 Å². The van der Waals surface area contributed by atoms with E-state index in [0.717, 1.165) is 41.8 Å². The van der Waals surface area contributed by atoms with Gasteiger partial charge in [-0.3, -0.25) is 14.5 Å². The minimum atomic E-state index is -0.143. The van der Waals surface area contributed by atoms with Crippen LogP contribution in [0.2, 0.25) is 0 Å². The normalized spacial score (nSPS) is 17.1. The molecule has 0 unspecified atom stereocenters. The van der Waals surface area contributed by atoms with E-state index in [1.54, 1.807) is 0 Å². The number of nitrogens with one attached hydrogen (secondary N) is 2. The van der Waals surface area contributed by atoms with Crippen molar-refractivity contribution in [1.82, 2.24) is 15.2 Å². The summed E-state index contributed by atoms with van der Waals surface area (Å²) in [7, 11) is 0. The van der Waals surface area contributed by atoms with Crippen LogP contribution >= 0.6 is 0 Å². The predicted octanol–water partition coefficient (Wildman–Crippen LogP) is 3.37. The van der Waals surface area contributed by atoms with Gasteiger partial charge in [-0.05, 0) is 62.4 Å². The van der Waals surface area contributed by atoms with Crippen LogP contribution < -0.4 is 5.32 Å². The minimum Gasteiger partial charge on any atom is -0.354 e. The lowest BCUT2D eigenvalue weighted by Crippen LogP contribution is -2.24. The van der Waals surface area contributed by atoms with Crippen molar-refractivity contribution in [3.05, 3.63) is 57.9 Å². The summed E-state index contributed by atoms with van der Waals surface area (Å²) in [6.45, 7) is 5.74. The third-order valence-electron chi connectivity index (χ3n) is 5.75. The Labute approximate surface area is 160 Å². The van der Waals surface area contributed by atoms with Crippen molar-refractivity contribution >= 4 is 11.7 Å². The first-order valence-electron chi connectivity index (χ1n) is 9.95. The minimum absolute atomic E-state index is 0.143. The number of H-pyrrole nitrogens is 1. The van der Waals surface area contributed by atoms with E-state index in [-0.39, 0.29) is 11.7 Å². The number of amides is 1. The van der Waals surface area contributed by atoms with Gasteiger partial charge >= 0.3 is 0 Å². The van der Waals surface area contributed by atoms with Gasteiger partial charge in [0.15, 0.2) is 5.78 Å². The molecule has 5 heteroatoms.